The van der Waals surface area contributed by atoms with Crippen molar-refractivity contribution in [2.24, 2.45) is 0 Å². The zero-order chi connectivity index (χ0) is 14.4. The van der Waals surface area contributed by atoms with Crippen molar-refractivity contribution in [2.75, 3.05) is 12.3 Å². The molecule has 2 aromatic rings. The minimum atomic E-state index is 0.213. The summed E-state index contributed by atoms with van der Waals surface area (Å²) >= 11 is 0. The van der Waals surface area contributed by atoms with E-state index in [1.165, 1.54) is 5.56 Å². The SMILES string of the molecule is CCCNC(Cc1ccccc1)c1cc(C)cnc1N. The standard InChI is InChI=1S/C17H23N3/c1-3-9-19-16(11-14-7-5-4-6-8-14)15-10-13(2)12-20-17(15)18/h4-8,10,12,16,19H,3,9,11H2,1-2H3,(H2,18,20). The second-order valence-electron chi connectivity index (χ2n) is 5.18. The minimum Gasteiger partial charge on any atom is -0.383 e. The van der Waals surface area contributed by atoms with Gasteiger partial charge in [0.1, 0.15) is 5.82 Å². The van der Waals surface area contributed by atoms with E-state index in [4.69, 9.17) is 5.73 Å². The zero-order valence-corrected chi connectivity index (χ0v) is 12.3. The van der Waals surface area contributed by atoms with Gasteiger partial charge < -0.3 is 11.1 Å². The molecule has 0 radical (unpaired) electrons. The maximum Gasteiger partial charge on any atom is 0.128 e. The Labute approximate surface area is 121 Å². The van der Waals surface area contributed by atoms with Crippen molar-refractivity contribution in [1.29, 1.82) is 0 Å². The molecule has 0 spiro atoms. The quantitative estimate of drug-likeness (QED) is 0.846. The van der Waals surface area contributed by atoms with Gasteiger partial charge in [-0.1, -0.05) is 37.3 Å². The van der Waals surface area contributed by atoms with Crippen LogP contribution in [0.25, 0.3) is 0 Å². The number of rotatable bonds is 6. The fraction of sp³-hybridized carbons (Fsp3) is 0.353. The first-order chi connectivity index (χ1) is 9.70. The van der Waals surface area contributed by atoms with E-state index in [0.717, 1.165) is 30.5 Å². The van der Waals surface area contributed by atoms with Crippen LogP contribution in [0.3, 0.4) is 0 Å². The second-order valence-corrected chi connectivity index (χ2v) is 5.18. The normalized spacial score (nSPS) is 12.3. The van der Waals surface area contributed by atoms with Crippen LogP contribution in [0, 0.1) is 6.92 Å². The van der Waals surface area contributed by atoms with Gasteiger partial charge in [-0.2, -0.15) is 0 Å². The lowest BCUT2D eigenvalue weighted by molar-refractivity contribution is 0.529. The van der Waals surface area contributed by atoms with Crippen molar-refractivity contribution < 1.29 is 0 Å². The smallest absolute Gasteiger partial charge is 0.128 e. The number of nitrogens with two attached hydrogens (primary N) is 1. The summed E-state index contributed by atoms with van der Waals surface area (Å²) in [6.07, 6.45) is 3.85. The first-order valence-corrected chi connectivity index (χ1v) is 7.20. The number of anilines is 1. The van der Waals surface area contributed by atoms with Crippen LogP contribution in [0.1, 0.15) is 36.1 Å². The third-order valence-corrected chi connectivity index (χ3v) is 3.39. The van der Waals surface area contributed by atoms with Crippen molar-refractivity contribution in [3.8, 4) is 0 Å². The third kappa shape index (κ3) is 3.81. The Morgan fingerprint density at radius 3 is 2.70 bits per heavy atom. The van der Waals surface area contributed by atoms with Gasteiger partial charge in [0, 0.05) is 17.8 Å². The molecule has 3 N–H and O–H groups in total. The van der Waals surface area contributed by atoms with Gasteiger partial charge in [-0.05, 0) is 43.5 Å². The molecule has 0 bridgehead atoms. The molecule has 3 heteroatoms. The number of aromatic nitrogens is 1. The molecule has 0 aliphatic carbocycles. The first-order valence-electron chi connectivity index (χ1n) is 7.20. The molecule has 1 heterocycles. The van der Waals surface area contributed by atoms with Crippen molar-refractivity contribution in [2.45, 2.75) is 32.7 Å². The molecule has 0 aliphatic heterocycles. The molecule has 1 unspecified atom stereocenters. The van der Waals surface area contributed by atoms with Gasteiger partial charge in [0.2, 0.25) is 0 Å². The number of nitrogens with one attached hydrogen (secondary N) is 1. The van der Waals surface area contributed by atoms with E-state index < -0.39 is 0 Å². The monoisotopic (exact) mass is 269 g/mol. The molecule has 106 valence electrons. The summed E-state index contributed by atoms with van der Waals surface area (Å²) in [5, 5.41) is 3.58. The fourth-order valence-electron chi connectivity index (χ4n) is 2.34. The highest BCUT2D eigenvalue weighted by molar-refractivity contribution is 5.43. The molecule has 1 aromatic carbocycles. The number of pyridine rings is 1. The molecule has 0 fully saturated rings. The molecule has 20 heavy (non-hydrogen) atoms. The van der Waals surface area contributed by atoms with Crippen molar-refractivity contribution in [1.82, 2.24) is 10.3 Å². The van der Waals surface area contributed by atoms with Crippen LogP contribution in [0.15, 0.2) is 42.6 Å². The van der Waals surface area contributed by atoms with Crippen molar-refractivity contribution in [3.05, 3.63) is 59.3 Å². The van der Waals surface area contributed by atoms with Gasteiger partial charge >= 0.3 is 0 Å². The van der Waals surface area contributed by atoms with E-state index in [0.29, 0.717) is 5.82 Å². The first kappa shape index (κ1) is 14.5. The lowest BCUT2D eigenvalue weighted by atomic mass is 9.98. The lowest BCUT2D eigenvalue weighted by Crippen LogP contribution is -2.25. The van der Waals surface area contributed by atoms with Gasteiger partial charge in [0.05, 0.1) is 0 Å². The van der Waals surface area contributed by atoms with Gasteiger partial charge in [-0.25, -0.2) is 4.98 Å². The lowest BCUT2D eigenvalue weighted by Gasteiger charge is -2.20. The number of aryl methyl sites for hydroxylation is 1. The Kier molecular flexibility index (Phi) is 5.13. The summed E-state index contributed by atoms with van der Waals surface area (Å²) in [5.41, 5.74) is 9.62. The molecule has 1 aromatic heterocycles. The van der Waals surface area contributed by atoms with Crippen LogP contribution in [0.2, 0.25) is 0 Å². The Balaban J connectivity index is 2.24. The van der Waals surface area contributed by atoms with Crippen LogP contribution in [-0.2, 0) is 6.42 Å². The Morgan fingerprint density at radius 1 is 1.25 bits per heavy atom. The third-order valence-electron chi connectivity index (χ3n) is 3.39. The molecule has 3 nitrogen and oxygen atoms in total. The van der Waals surface area contributed by atoms with Gasteiger partial charge in [0.25, 0.3) is 0 Å². The highest BCUT2D eigenvalue weighted by atomic mass is 14.9. The van der Waals surface area contributed by atoms with Crippen LogP contribution >= 0.6 is 0 Å². The summed E-state index contributed by atoms with van der Waals surface area (Å²) in [6.45, 7) is 5.20. The number of nitrogen functional groups attached to an aromatic ring is 1. The number of nitrogens with zero attached hydrogens (tertiary/aromatic N) is 1. The topological polar surface area (TPSA) is 50.9 Å². The average Bonchev–Trinajstić information content (AvgIpc) is 2.47. The van der Waals surface area contributed by atoms with E-state index >= 15 is 0 Å². The predicted molar refractivity (Wildman–Crippen MR) is 84.6 cm³/mol. The van der Waals surface area contributed by atoms with Crippen LogP contribution < -0.4 is 11.1 Å². The zero-order valence-electron chi connectivity index (χ0n) is 12.3. The maximum absolute atomic E-state index is 6.06. The van der Waals surface area contributed by atoms with Crippen LogP contribution in [0.4, 0.5) is 5.82 Å². The number of benzene rings is 1. The Morgan fingerprint density at radius 2 is 2.00 bits per heavy atom. The summed E-state index contributed by atoms with van der Waals surface area (Å²) < 4.78 is 0. The van der Waals surface area contributed by atoms with Gasteiger partial charge in [0.15, 0.2) is 0 Å². The van der Waals surface area contributed by atoms with E-state index in [1.54, 1.807) is 0 Å². The van der Waals surface area contributed by atoms with E-state index in [2.05, 4.69) is 54.5 Å². The maximum atomic E-state index is 6.06. The summed E-state index contributed by atoms with van der Waals surface area (Å²) in [5.74, 6) is 0.625. The number of hydrogen-bond acceptors (Lipinski definition) is 3. The summed E-state index contributed by atoms with van der Waals surface area (Å²) in [6, 6.07) is 12.8. The molecular weight excluding hydrogens is 246 g/mol. The summed E-state index contributed by atoms with van der Waals surface area (Å²) in [7, 11) is 0. The van der Waals surface area contributed by atoms with Crippen LogP contribution in [0.5, 0.6) is 0 Å². The molecule has 2 rings (SSSR count). The summed E-state index contributed by atoms with van der Waals surface area (Å²) in [4.78, 5) is 4.29. The highest BCUT2D eigenvalue weighted by Gasteiger charge is 2.15. The molecule has 0 aliphatic rings. The minimum absolute atomic E-state index is 0.213. The molecule has 0 saturated carbocycles. The van der Waals surface area contributed by atoms with Gasteiger partial charge in [-0.15, -0.1) is 0 Å². The molecule has 1 atom stereocenters. The van der Waals surface area contributed by atoms with Gasteiger partial charge in [-0.3, -0.25) is 0 Å². The molecular formula is C17H23N3. The number of hydrogen-bond donors (Lipinski definition) is 2. The predicted octanol–water partition coefficient (Wildman–Crippen LogP) is 3.26. The Bertz CT molecular complexity index is 537. The molecule has 0 saturated heterocycles. The average molecular weight is 269 g/mol. The molecule has 0 amide bonds. The second kappa shape index (κ2) is 7.06. The largest absolute Gasteiger partial charge is 0.383 e. The Hall–Kier alpha value is -1.87. The van der Waals surface area contributed by atoms with E-state index in [-0.39, 0.29) is 6.04 Å². The fourth-order valence-corrected chi connectivity index (χ4v) is 2.34. The van der Waals surface area contributed by atoms with Crippen molar-refractivity contribution in [3.63, 3.8) is 0 Å². The van der Waals surface area contributed by atoms with Crippen LogP contribution in [-0.4, -0.2) is 11.5 Å². The van der Waals surface area contributed by atoms with Crippen molar-refractivity contribution >= 4 is 5.82 Å². The van der Waals surface area contributed by atoms with E-state index in [9.17, 15) is 0 Å². The highest BCUT2D eigenvalue weighted by Crippen LogP contribution is 2.23. The van der Waals surface area contributed by atoms with E-state index in [1.807, 2.05) is 12.3 Å².